The predicted molar refractivity (Wildman–Crippen MR) is 58.4 cm³/mol. The van der Waals surface area contributed by atoms with Gasteiger partial charge in [-0.25, -0.2) is 0 Å². The largest absolute Gasteiger partial charge is 0.410 e. The Morgan fingerprint density at radius 3 is 1.68 bits per heavy atom. The van der Waals surface area contributed by atoms with Gasteiger partial charge in [-0.05, 0) is 24.7 Å². The van der Waals surface area contributed by atoms with Crippen LogP contribution in [-0.4, -0.2) is 40.7 Å². The Balaban J connectivity index is 4.72. The lowest BCUT2D eigenvalue weighted by molar-refractivity contribution is -0.171. The molecule has 0 fully saturated rings. The second kappa shape index (κ2) is 7.27. The number of rotatable bonds is 8. The fraction of sp³-hybridized carbons (Fsp3) is 0.778. The number of hydrogen-bond donors (Lipinski definition) is 1. The number of hydrogen-bond acceptors (Lipinski definition) is 3. The molecule has 0 aliphatic heterocycles. The lowest BCUT2D eigenvalue weighted by Gasteiger charge is -2.28. The Morgan fingerprint density at radius 1 is 1.00 bits per heavy atom. The van der Waals surface area contributed by atoms with Crippen molar-refractivity contribution in [3.63, 3.8) is 0 Å². The normalized spacial score (nSPS) is 13.6. The third-order valence-corrected chi connectivity index (χ3v) is 4.94. The summed E-state index contributed by atoms with van der Waals surface area (Å²) < 4.78 is 81.6. The zero-order valence-electron chi connectivity index (χ0n) is 9.98. The zero-order chi connectivity index (χ0) is 15.2. The lowest BCUT2D eigenvalue weighted by Crippen LogP contribution is -2.45. The lowest BCUT2D eigenvalue weighted by atomic mass is 10.5. The molecule has 0 unspecified atom stereocenters. The maximum atomic E-state index is 12.1. The molecule has 3 nitrogen and oxygen atoms in total. The van der Waals surface area contributed by atoms with Crippen LogP contribution >= 0.6 is 0 Å². The maximum absolute atomic E-state index is 12.1. The van der Waals surface area contributed by atoms with Crippen molar-refractivity contribution in [3.8, 4) is 0 Å². The van der Waals surface area contributed by atoms with E-state index in [9.17, 15) is 26.3 Å². The topological polar surface area (TPSA) is 44.5 Å². The van der Waals surface area contributed by atoms with Crippen molar-refractivity contribution in [2.75, 3.05) is 19.8 Å². The van der Waals surface area contributed by atoms with E-state index in [1.807, 2.05) is 0 Å². The molecule has 0 amide bonds. The standard InChI is InChI=1S/C9H15F6NO2Si/c1-2-19(5-3-4-16,17-6-8(10,11)12)18-7-9(13,14)15/h2H,1,3-7,16H2. The van der Waals surface area contributed by atoms with Crippen LogP contribution in [-0.2, 0) is 8.85 Å². The first-order valence-electron chi connectivity index (χ1n) is 5.29. The molecule has 0 atom stereocenters. The summed E-state index contributed by atoms with van der Waals surface area (Å²) in [5.74, 6) is 0. The van der Waals surface area contributed by atoms with E-state index in [4.69, 9.17) is 5.73 Å². The van der Waals surface area contributed by atoms with E-state index < -0.39 is 34.1 Å². The van der Waals surface area contributed by atoms with Crippen molar-refractivity contribution >= 4 is 8.56 Å². The van der Waals surface area contributed by atoms with E-state index in [1.165, 1.54) is 0 Å². The molecule has 0 bridgehead atoms. The van der Waals surface area contributed by atoms with Crippen molar-refractivity contribution in [1.29, 1.82) is 0 Å². The highest BCUT2D eigenvalue weighted by Gasteiger charge is 2.42. The van der Waals surface area contributed by atoms with Gasteiger partial charge >= 0.3 is 20.9 Å². The van der Waals surface area contributed by atoms with Crippen LogP contribution in [0.25, 0.3) is 0 Å². The summed E-state index contributed by atoms with van der Waals surface area (Å²) in [6.45, 7) is -0.0177. The summed E-state index contributed by atoms with van der Waals surface area (Å²) in [4.78, 5) is 0. The molecule has 0 heterocycles. The van der Waals surface area contributed by atoms with Gasteiger partial charge < -0.3 is 14.6 Å². The Bertz CT molecular complexity index is 263. The highest BCUT2D eigenvalue weighted by atomic mass is 28.4. The van der Waals surface area contributed by atoms with Gasteiger partial charge in [0, 0.05) is 0 Å². The summed E-state index contributed by atoms with van der Waals surface area (Å²) >= 11 is 0. The van der Waals surface area contributed by atoms with Crippen molar-refractivity contribution in [2.24, 2.45) is 5.73 Å². The minimum atomic E-state index is -4.65. The summed E-state index contributed by atoms with van der Waals surface area (Å²) in [7, 11) is -3.77. The van der Waals surface area contributed by atoms with Gasteiger partial charge in [0.15, 0.2) is 0 Å². The molecule has 0 aromatic heterocycles. The first-order chi connectivity index (χ1) is 8.54. The Kier molecular flexibility index (Phi) is 7.04. The Hall–Kier alpha value is -0.583. The fourth-order valence-electron chi connectivity index (χ4n) is 1.16. The first kappa shape index (κ1) is 18.4. The van der Waals surface area contributed by atoms with Gasteiger partial charge in [-0.2, -0.15) is 26.3 Å². The first-order valence-corrected chi connectivity index (χ1v) is 7.39. The number of alkyl halides is 6. The van der Waals surface area contributed by atoms with Crippen molar-refractivity contribution < 1.29 is 35.2 Å². The van der Waals surface area contributed by atoms with Crippen LogP contribution in [0.4, 0.5) is 26.3 Å². The van der Waals surface area contributed by atoms with Crippen molar-refractivity contribution in [3.05, 3.63) is 12.3 Å². The fourth-order valence-corrected chi connectivity index (χ4v) is 3.49. The quantitative estimate of drug-likeness (QED) is 0.554. The molecule has 0 aromatic carbocycles. The van der Waals surface area contributed by atoms with Crippen LogP contribution < -0.4 is 5.73 Å². The van der Waals surface area contributed by atoms with Gasteiger partial charge in [0.1, 0.15) is 13.2 Å². The molecular formula is C9H15F6NO2Si. The van der Waals surface area contributed by atoms with Crippen LogP contribution in [0.15, 0.2) is 12.3 Å². The average Bonchev–Trinajstić information content (AvgIpc) is 2.26. The van der Waals surface area contributed by atoms with Crippen LogP contribution in [0.1, 0.15) is 6.42 Å². The summed E-state index contributed by atoms with van der Waals surface area (Å²) in [6.07, 6.45) is -9.11. The third-order valence-electron chi connectivity index (χ3n) is 2.00. The predicted octanol–water partition coefficient (Wildman–Crippen LogP) is 2.66. The number of nitrogens with two attached hydrogens (primary N) is 1. The molecule has 0 aliphatic rings. The molecule has 0 saturated carbocycles. The van der Waals surface area contributed by atoms with E-state index in [2.05, 4.69) is 15.4 Å². The molecular weight excluding hydrogens is 296 g/mol. The van der Waals surface area contributed by atoms with Crippen LogP contribution in [0, 0.1) is 0 Å². The van der Waals surface area contributed by atoms with Crippen LogP contribution in [0.3, 0.4) is 0 Å². The zero-order valence-corrected chi connectivity index (χ0v) is 11.0. The second-order valence-corrected chi connectivity index (χ2v) is 6.83. The third kappa shape index (κ3) is 9.03. The van der Waals surface area contributed by atoms with Gasteiger partial charge in [-0.1, -0.05) is 0 Å². The van der Waals surface area contributed by atoms with Gasteiger partial charge in [-0.3, -0.25) is 0 Å². The molecule has 0 aliphatic carbocycles. The van der Waals surface area contributed by atoms with E-state index >= 15 is 0 Å². The minimum Gasteiger partial charge on any atom is -0.382 e. The van der Waals surface area contributed by atoms with Gasteiger partial charge in [0.25, 0.3) is 0 Å². The van der Waals surface area contributed by atoms with Crippen molar-refractivity contribution in [1.82, 2.24) is 0 Å². The molecule has 0 saturated heterocycles. The highest BCUT2D eigenvalue weighted by molar-refractivity contribution is 6.72. The van der Waals surface area contributed by atoms with Crippen LogP contribution in [0.5, 0.6) is 0 Å². The maximum Gasteiger partial charge on any atom is 0.410 e. The Labute approximate surface area is 107 Å². The van der Waals surface area contributed by atoms with E-state index in [-0.39, 0.29) is 19.0 Å². The molecule has 2 N–H and O–H groups in total. The second-order valence-electron chi connectivity index (χ2n) is 3.72. The Morgan fingerprint density at radius 2 is 1.42 bits per heavy atom. The van der Waals surface area contributed by atoms with E-state index in [0.29, 0.717) is 0 Å². The highest BCUT2D eigenvalue weighted by Crippen LogP contribution is 2.25. The van der Waals surface area contributed by atoms with Gasteiger partial charge in [0.2, 0.25) is 0 Å². The summed E-state index contributed by atoms with van der Waals surface area (Å²) in [5.41, 5.74) is 6.10. The molecule has 0 radical (unpaired) electrons. The minimum absolute atomic E-state index is 0.105. The number of halogens is 6. The van der Waals surface area contributed by atoms with Gasteiger partial charge in [0.05, 0.1) is 0 Å². The summed E-state index contributed by atoms with van der Waals surface area (Å²) in [6, 6.07) is -0.112. The molecule has 114 valence electrons. The summed E-state index contributed by atoms with van der Waals surface area (Å²) in [5, 5.41) is 0. The molecule has 0 rings (SSSR count). The van der Waals surface area contributed by atoms with E-state index in [0.717, 1.165) is 5.70 Å². The van der Waals surface area contributed by atoms with Crippen LogP contribution in [0.2, 0.25) is 6.04 Å². The smallest absolute Gasteiger partial charge is 0.382 e. The molecule has 0 spiro atoms. The van der Waals surface area contributed by atoms with Gasteiger partial charge in [-0.15, -0.1) is 6.58 Å². The SMILES string of the molecule is C=C[Si](CCCN)(OCC(F)(F)F)OCC(F)(F)F. The van der Waals surface area contributed by atoms with Crippen molar-refractivity contribution in [2.45, 2.75) is 24.8 Å². The monoisotopic (exact) mass is 311 g/mol. The molecule has 10 heteroatoms. The molecule has 0 aromatic rings. The molecule has 19 heavy (non-hydrogen) atoms. The average molecular weight is 311 g/mol. The van der Waals surface area contributed by atoms with E-state index in [1.54, 1.807) is 0 Å².